The van der Waals surface area contributed by atoms with Gasteiger partial charge in [0.05, 0.1) is 18.9 Å². The van der Waals surface area contributed by atoms with E-state index in [4.69, 9.17) is 9.47 Å². The van der Waals surface area contributed by atoms with Crippen molar-refractivity contribution in [2.24, 2.45) is 0 Å². The minimum atomic E-state index is -0.194. The molecule has 9 nitrogen and oxygen atoms in total. The number of methoxy groups -OCH3 is 1. The minimum Gasteiger partial charge on any atom is -0.497 e. The van der Waals surface area contributed by atoms with E-state index >= 15 is 0 Å². The number of amides is 2. The predicted molar refractivity (Wildman–Crippen MR) is 144 cm³/mol. The van der Waals surface area contributed by atoms with E-state index in [0.717, 1.165) is 29.9 Å². The molecule has 0 N–H and O–H groups in total. The van der Waals surface area contributed by atoms with Crippen LogP contribution in [0.2, 0.25) is 0 Å². The lowest BCUT2D eigenvalue weighted by Gasteiger charge is -2.36. The zero-order valence-electron chi connectivity index (χ0n) is 21.7. The predicted octanol–water partition coefficient (Wildman–Crippen LogP) is 3.12. The number of ether oxygens (including phenoxy) is 2. The molecule has 1 aromatic heterocycles. The summed E-state index contributed by atoms with van der Waals surface area (Å²) in [6.07, 6.45) is 1.81. The van der Waals surface area contributed by atoms with Gasteiger partial charge in [0, 0.05) is 50.5 Å². The molecule has 9 heteroatoms. The maximum Gasteiger partial charge on any atom is 0.254 e. The Hall–Kier alpha value is -3.98. The van der Waals surface area contributed by atoms with E-state index in [1.807, 2.05) is 47.4 Å². The molecule has 198 valence electrons. The van der Waals surface area contributed by atoms with Crippen LogP contribution in [-0.2, 0) is 9.53 Å². The van der Waals surface area contributed by atoms with E-state index in [0.29, 0.717) is 50.6 Å². The molecule has 0 unspecified atom stereocenters. The molecule has 2 aromatic carbocycles. The fourth-order valence-corrected chi connectivity index (χ4v) is 4.90. The molecule has 2 aliphatic heterocycles. The van der Waals surface area contributed by atoms with Gasteiger partial charge in [0.25, 0.3) is 5.91 Å². The number of hydrogen-bond donors (Lipinski definition) is 0. The lowest BCUT2D eigenvalue weighted by molar-refractivity contribution is -0.132. The number of nitrogens with zero attached hydrogens (tertiary/aromatic N) is 5. The van der Waals surface area contributed by atoms with E-state index in [1.165, 1.54) is 0 Å². The van der Waals surface area contributed by atoms with Gasteiger partial charge in [-0.05, 0) is 43.2 Å². The molecule has 38 heavy (non-hydrogen) atoms. The molecule has 3 aromatic rings. The lowest BCUT2D eigenvalue weighted by Crippen LogP contribution is -2.52. The number of aromatic nitrogens is 2. The number of carbonyl (C=O) groups is 2. The largest absolute Gasteiger partial charge is 0.497 e. The first-order chi connectivity index (χ1) is 18.6. The maximum absolute atomic E-state index is 13.4. The van der Waals surface area contributed by atoms with Crippen molar-refractivity contribution in [1.29, 1.82) is 0 Å². The molecule has 1 atom stereocenters. The molecule has 2 aliphatic rings. The van der Waals surface area contributed by atoms with Crippen molar-refractivity contribution in [2.75, 3.05) is 57.9 Å². The zero-order valence-corrected chi connectivity index (χ0v) is 21.7. The van der Waals surface area contributed by atoms with E-state index < -0.39 is 0 Å². The number of anilines is 1. The molecule has 3 heterocycles. The smallest absolute Gasteiger partial charge is 0.254 e. The second-order valence-electron chi connectivity index (χ2n) is 9.56. The fraction of sp³-hybridized carbons (Fsp3) is 0.379. The minimum absolute atomic E-state index is 0.0154. The third kappa shape index (κ3) is 6.11. The standard InChI is InChI=1S/C29H33N5O4/c1-37-24-10-5-9-23(19-24)29(36)34(20-25-11-6-18-38-25)21-28(35)33-16-14-32(15-17-33)27-13-12-26(30-31-27)22-7-3-2-4-8-22/h2-5,7-10,12-13,19,25H,6,11,14-18,20-21H2,1H3/t25-/m0/s1. The van der Waals surface area contributed by atoms with Crippen molar-refractivity contribution in [3.63, 3.8) is 0 Å². The Bertz CT molecular complexity index is 1220. The third-order valence-electron chi connectivity index (χ3n) is 7.05. The van der Waals surface area contributed by atoms with E-state index in [-0.39, 0.29) is 24.5 Å². The summed E-state index contributed by atoms with van der Waals surface area (Å²) in [5.41, 5.74) is 2.35. The summed E-state index contributed by atoms with van der Waals surface area (Å²) < 4.78 is 11.1. The Morgan fingerprint density at radius 2 is 1.82 bits per heavy atom. The Balaban J connectivity index is 1.20. The average molecular weight is 516 g/mol. The normalized spacial score (nSPS) is 17.3. The first kappa shape index (κ1) is 25.7. The maximum atomic E-state index is 13.4. The summed E-state index contributed by atoms with van der Waals surface area (Å²) in [6, 6.07) is 20.9. The van der Waals surface area contributed by atoms with Gasteiger partial charge < -0.3 is 24.2 Å². The summed E-state index contributed by atoms with van der Waals surface area (Å²) in [5, 5.41) is 8.81. The van der Waals surface area contributed by atoms with Crippen molar-refractivity contribution in [3.8, 4) is 17.0 Å². The van der Waals surface area contributed by atoms with Crippen LogP contribution in [0.5, 0.6) is 5.75 Å². The number of carbonyl (C=O) groups excluding carboxylic acids is 2. The Morgan fingerprint density at radius 3 is 2.50 bits per heavy atom. The molecular formula is C29H33N5O4. The van der Waals surface area contributed by atoms with Crippen molar-refractivity contribution in [2.45, 2.75) is 18.9 Å². The SMILES string of the molecule is COc1cccc(C(=O)N(CC(=O)N2CCN(c3ccc(-c4ccccc4)nn3)CC2)C[C@@H]2CCCO2)c1. The highest BCUT2D eigenvalue weighted by atomic mass is 16.5. The Labute approximate surface area is 223 Å². The van der Waals surface area contributed by atoms with Crippen LogP contribution in [0.25, 0.3) is 11.3 Å². The Morgan fingerprint density at radius 1 is 1.00 bits per heavy atom. The van der Waals surface area contributed by atoms with Gasteiger partial charge in [0.1, 0.15) is 12.3 Å². The molecule has 0 spiro atoms. The molecule has 0 saturated carbocycles. The molecule has 0 radical (unpaired) electrons. The summed E-state index contributed by atoms with van der Waals surface area (Å²) in [4.78, 5) is 32.3. The van der Waals surface area contributed by atoms with Crippen LogP contribution in [-0.4, -0.2) is 90.9 Å². The van der Waals surface area contributed by atoms with E-state index in [9.17, 15) is 9.59 Å². The van der Waals surface area contributed by atoms with Crippen molar-refractivity contribution < 1.29 is 19.1 Å². The first-order valence-corrected chi connectivity index (χ1v) is 13.1. The summed E-state index contributed by atoms with van der Waals surface area (Å²) >= 11 is 0. The van der Waals surface area contributed by atoms with Crippen molar-refractivity contribution in [1.82, 2.24) is 20.0 Å². The van der Waals surface area contributed by atoms with Gasteiger partial charge in [0.15, 0.2) is 5.82 Å². The number of benzene rings is 2. The number of rotatable bonds is 8. The molecular weight excluding hydrogens is 482 g/mol. The lowest BCUT2D eigenvalue weighted by atomic mass is 10.1. The van der Waals surface area contributed by atoms with Gasteiger partial charge in [-0.1, -0.05) is 36.4 Å². The van der Waals surface area contributed by atoms with Crippen LogP contribution in [0.3, 0.4) is 0 Å². The topological polar surface area (TPSA) is 88.1 Å². The van der Waals surface area contributed by atoms with Crippen LogP contribution >= 0.6 is 0 Å². The molecule has 0 bridgehead atoms. The number of hydrogen-bond acceptors (Lipinski definition) is 7. The van der Waals surface area contributed by atoms with Gasteiger partial charge in [-0.25, -0.2) is 0 Å². The van der Waals surface area contributed by atoms with Gasteiger partial charge in [-0.15, -0.1) is 10.2 Å². The average Bonchev–Trinajstić information content (AvgIpc) is 3.50. The van der Waals surface area contributed by atoms with Gasteiger partial charge >= 0.3 is 0 Å². The van der Waals surface area contributed by atoms with Crippen molar-refractivity contribution >= 4 is 17.6 Å². The van der Waals surface area contributed by atoms with Crippen LogP contribution in [0.1, 0.15) is 23.2 Å². The summed E-state index contributed by atoms with van der Waals surface area (Å²) in [5.74, 6) is 1.14. The van der Waals surface area contributed by atoms with Gasteiger partial charge in [0.2, 0.25) is 5.91 Å². The molecule has 2 fully saturated rings. The monoisotopic (exact) mass is 515 g/mol. The van der Waals surface area contributed by atoms with Gasteiger partial charge in [-0.2, -0.15) is 0 Å². The van der Waals surface area contributed by atoms with Crippen LogP contribution in [0, 0.1) is 0 Å². The van der Waals surface area contributed by atoms with Gasteiger partial charge in [-0.3, -0.25) is 9.59 Å². The van der Waals surface area contributed by atoms with Crippen LogP contribution in [0.4, 0.5) is 5.82 Å². The molecule has 2 amide bonds. The van der Waals surface area contributed by atoms with E-state index in [2.05, 4.69) is 15.1 Å². The third-order valence-corrected chi connectivity index (χ3v) is 7.05. The quantitative estimate of drug-likeness (QED) is 0.456. The second-order valence-corrected chi connectivity index (χ2v) is 9.56. The zero-order chi connectivity index (χ0) is 26.3. The van der Waals surface area contributed by atoms with Crippen molar-refractivity contribution in [3.05, 3.63) is 72.3 Å². The first-order valence-electron chi connectivity index (χ1n) is 13.1. The summed E-state index contributed by atoms with van der Waals surface area (Å²) in [6.45, 7) is 3.52. The van der Waals surface area contributed by atoms with E-state index in [1.54, 1.807) is 36.3 Å². The molecule has 0 aliphatic carbocycles. The Kier molecular flexibility index (Phi) is 8.13. The fourth-order valence-electron chi connectivity index (χ4n) is 4.90. The number of piperazine rings is 1. The summed E-state index contributed by atoms with van der Waals surface area (Å²) in [7, 11) is 1.57. The highest BCUT2D eigenvalue weighted by Gasteiger charge is 2.29. The van der Waals surface area contributed by atoms with Crippen LogP contribution in [0.15, 0.2) is 66.7 Å². The molecule has 2 saturated heterocycles. The highest BCUT2D eigenvalue weighted by Crippen LogP contribution is 2.21. The highest BCUT2D eigenvalue weighted by molar-refractivity contribution is 5.97. The second kappa shape index (κ2) is 12.0. The molecule has 5 rings (SSSR count). The van der Waals surface area contributed by atoms with Crippen LogP contribution < -0.4 is 9.64 Å².